The van der Waals surface area contributed by atoms with Gasteiger partial charge in [-0.1, -0.05) is 30.3 Å². The molecule has 4 nitrogen and oxygen atoms in total. The average Bonchev–Trinajstić information content (AvgIpc) is 2.81. The summed E-state index contributed by atoms with van der Waals surface area (Å²) in [4.78, 5) is 19.8. The van der Waals surface area contributed by atoms with Gasteiger partial charge in [-0.15, -0.1) is 0 Å². The van der Waals surface area contributed by atoms with Crippen LogP contribution in [0.15, 0.2) is 60.7 Å². The molecule has 4 rings (SSSR count). The van der Waals surface area contributed by atoms with Gasteiger partial charge in [-0.25, -0.2) is 4.39 Å². The van der Waals surface area contributed by atoms with Crippen LogP contribution in [-0.4, -0.2) is 36.0 Å². The van der Waals surface area contributed by atoms with Gasteiger partial charge in [0.05, 0.1) is 6.61 Å². The zero-order valence-electron chi connectivity index (χ0n) is 18.7. The molecule has 32 heavy (non-hydrogen) atoms. The number of nitrogens with zero attached hydrogens (tertiary/aromatic N) is 2. The maximum absolute atomic E-state index is 14.1. The first-order chi connectivity index (χ1) is 15.5. The van der Waals surface area contributed by atoms with Crippen molar-refractivity contribution in [2.75, 3.05) is 20.2 Å². The molecule has 166 valence electrons. The summed E-state index contributed by atoms with van der Waals surface area (Å²) in [5, 5.41) is 0. The Balaban J connectivity index is 1.49. The van der Waals surface area contributed by atoms with Gasteiger partial charge in [-0.3, -0.25) is 9.78 Å². The minimum atomic E-state index is -0.186. The molecule has 1 aliphatic heterocycles. The molecule has 0 bridgehead atoms. The van der Waals surface area contributed by atoms with Crippen LogP contribution in [0.2, 0.25) is 0 Å². The second kappa shape index (κ2) is 10.0. The molecule has 1 aromatic heterocycles. The molecular weight excluding hydrogens is 403 g/mol. The maximum Gasteiger partial charge on any atom is 0.253 e. The smallest absolute Gasteiger partial charge is 0.253 e. The predicted octanol–water partition coefficient (Wildman–Crippen LogP) is 5.29. The molecule has 0 spiro atoms. The van der Waals surface area contributed by atoms with Crippen molar-refractivity contribution in [3.05, 3.63) is 100 Å². The standard InChI is InChI=1S/C27H29FN2O2/c1-19-14-21(15-23-6-3-4-8-25(23)28)16-26(29-19)24-7-5-13-30(17-24)27(31)22-11-9-20(10-12-22)18-32-2/h3-4,6,8-12,14,16,24H,5,7,13,15,17-18H2,1-2H3/t24-/m0/s1. The van der Waals surface area contributed by atoms with E-state index in [1.54, 1.807) is 13.2 Å². The van der Waals surface area contributed by atoms with Gasteiger partial charge in [0.15, 0.2) is 0 Å². The highest BCUT2D eigenvalue weighted by Gasteiger charge is 2.26. The van der Waals surface area contributed by atoms with Gasteiger partial charge >= 0.3 is 0 Å². The van der Waals surface area contributed by atoms with Crippen molar-refractivity contribution in [3.8, 4) is 0 Å². The van der Waals surface area contributed by atoms with Gasteiger partial charge in [0.1, 0.15) is 5.82 Å². The fraction of sp³-hybridized carbons (Fsp3) is 0.333. The fourth-order valence-corrected chi connectivity index (χ4v) is 4.44. The predicted molar refractivity (Wildman–Crippen MR) is 123 cm³/mol. The number of pyridine rings is 1. The molecule has 2 heterocycles. The number of halogens is 1. The van der Waals surface area contributed by atoms with Crippen LogP contribution in [0.1, 0.15) is 57.2 Å². The third kappa shape index (κ3) is 5.22. The Hall–Kier alpha value is -3.05. The monoisotopic (exact) mass is 432 g/mol. The van der Waals surface area contributed by atoms with Crippen LogP contribution >= 0.6 is 0 Å². The van der Waals surface area contributed by atoms with Crippen LogP contribution in [-0.2, 0) is 17.8 Å². The van der Waals surface area contributed by atoms with Crippen molar-refractivity contribution in [1.82, 2.24) is 9.88 Å². The Morgan fingerprint density at radius 1 is 1.12 bits per heavy atom. The van der Waals surface area contributed by atoms with E-state index >= 15 is 0 Å². The first-order valence-corrected chi connectivity index (χ1v) is 11.1. The summed E-state index contributed by atoms with van der Waals surface area (Å²) in [5.74, 6) is 0.0482. The Morgan fingerprint density at radius 2 is 1.91 bits per heavy atom. The zero-order chi connectivity index (χ0) is 22.5. The SMILES string of the molecule is COCc1ccc(C(=O)N2CCC[C@H](c3cc(Cc4ccccc4F)cc(C)n3)C2)cc1. The van der Waals surface area contributed by atoms with Gasteiger partial charge in [0, 0.05) is 49.5 Å². The van der Waals surface area contributed by atoms with Gasteiger partial charge in [0.2, 0.25) is 0 Å². The van der Waals surface area contributed by atoms with Gasteiger partial charge in [0.25, 0.3) is 5.91 Å². The van der Waals surface area contributed by atoms with Crippen molar-refractivity contribution >= 4 is 5.91 Å². The number of hydrogen-bond donors (Lipinski definition) is 0. The minimum Gasteiger partial charge on any atom is -0.380 e. The summed E-state index contributed by atoms with van der Waals surface area (Å²) in [6.07, 6.45) is 2.47. The molecule has 3 aromatic rings. The van der Waals surface area contributed by atoms with E-state index in [-0.39, 0.29) is 17.6 Å². The third-order valence-corrected chi connectivity index (χ3v) is 6.02. The van der Waals surface area contributed by atoms with E-state index in [0.29, 0.717) is 30.7 Å². The van der Waals surface area contributed by atoms with Crippen molar-refractivity contribution < 1.29 is 13.9 Å². The van der Waals surface area contributed by atoms with Gasteiger partial charge in [-0.05, 0) is 66.8 Å². The highest BCUT2D eigenvalue weighted by Crippen LogP contribution is 2.28. The van der Waals surface area contributed by atoms with E-state index in [2.05, 4.69) is 6.07 Å². The maximum atomic E-state index is 14.1. The number of carbonyl (C=O) groups excluding carboxylic acids is 1. The highest BCUT2D eigenvalue weighted by atomic mass is 19.1. The van der Waals surface area contributed by atoms with Crippen LogP contribution in [0.3, 0.4) is 0 Å². The molecule has 1 aliphatic rings. The van der Waals surface area contributed by atoms with E-state index in [1.807, 2.05) is 54.3 Å². The summed E-state index contributed by atoms with van der Waals surface area (Å²) in [6.45, 7) is 3.91. The Morgan fingerprint density at radius 3 is 2.66 bits per heavy atom. The quantitative estimate of drug-likeness (QED) is 0.532. The number of aryl methyl sites for hydroxylation is 1. The lowest BCUT2D eigenvalue weighted by Gasteiger charge is -2.33. The van der Waals surface area contributed by atoms with E-state index < -0.39 is 0 Å². The largest absolute Gasteiger partial charge is 0.380 e. The molecule has 0 radical (unpaired) electrons. The number of likely N-dealkylation sites (tertiary alicyclic amines) is 1. The molecule has 1 saturated heterocycles. The van der Waals surface area contributed by atoms with Crippen molar-refractivity contribution in [3.63, 3.8) is 0 Å². The van der Waals surface area contributed by atoms with Crippen molar-refractivity contribution in [2.24, 2.45) is 0 Å². The number of amides is 1. The summed E-state index contributed by atoms with van der Waals surface area (Å²) in [7, 11) is 1.66. The molecule has 0 saturated carbocycles. The topological polar surface area (TPSA) is 42.4 Å². The highest BCUT2D eigenvalue weighted by molar-refractivity contribution is 5.94. The summed E-state index contributed by atoms with van der Waals surface area (Å²) in [5.41, 5.74) is 5.39. The lowest BCUT2D eigenvalue weighted by molar-refractivity contribution is 0.0706. The molecule has 0 N–H and O–H groups in total. The summed E-state index contributed by atoms with van der Waals surface area (Å²) in [6, 6.07) is 18.6. The average molecular weight is 433 g/mol. The molecule has 2 aromatic carbocycles. The number of aromatic nitrogens is 1. The third-order valence-electron chi connectivity index (χ3n) is 6.02. The number of methoxy groups -OCH3 is 1. The van der Waals surface area contributed by atoms with E-state index in [1.165, 1.54) is 6.07 Å². The number of piperidine rings is 1. The van der Waals surface area contributed by atoms with Crippen LogP contribution in [0.5, 0.6) is 0 Å². The summed E-state index contributed by atoms with van der Waals surface area (Å²) >= 11 is 0. The molecular formula is C27H29FN2O2. The lowest BCUT2D eigenvalue weighted by Crippen LogP contribution is -2.39. The van der Waals surface area contributed by atoms with Gasteiger partial charge in [-0.2, -0.15) is 0 Å². The first kappa shape index (κ1) is 22.2. The Labute approximate surface area is 189 Å². The second-order valence-electron chi connectivity index (χ2n) is 8.53. The molecule has 5 heteroatoms. The normalized spacial score (nSPS) is 16.2. The number of ether oxygens (including phenoxy) is 1. The van der Waals surface area contributed by atoms with Crippen molar-refractivity contribution in [1.29, 1.82) is 0 Å². The van der Waals surface area contributed by atoms with E-state index in [9.17, 15) is 9.18 Å². The zero-order valence-corrected chi connectivity index (χ0v) is 18.7. The number of rotatable bonds is 6. The first-order valence-electron chi connectivity index (χ1n) is 11.1. The molecule has 1 atom stereocenters. The number of hydrogen-bond acceptors (Lipinski definition) is 3. The van der Waals surface area contributed by atoms with Gasteiger partial charge < -0.3 is 9.64 Å². The number of benzene rings is 2. The number of carbonyl (C=O) groups is 1. The van der Waals surface area contributed by atoms with Crippen LogP contribution < -0.4 is 0 Å². The van der Waals surface area contributed by atoms with Crippen molar-refractivity contribution in [2.45, 2.75) is 38.7 Å². The van der Waals surface area contributed by atoms with E-state index in [0.717, 1.165) is 41.9 Å². The second-order valence-corrected chi connectivity index (χ2v) is 8.53. The Bertz CT molecular complexity index is 1080. The van der Waals surface area contributed by atoms with Crippen LogP contribution in [0, 0.1) is 12.7 Å². The van der Waals surface area contributed by atoms with Crippen LogP contribution in [0.4, 0.5) is 4.39 Å². The molecule has 0 aliphatic carbocycles. The fourth-order valence-electron chi connectivity index (χ4n) is 4.44. The molecule has 0 unspecified atom stereocenters. The van der Waals surface area contributed by atoms with Crippen LogP contribution in [0.25, 0.3) is 0 Å². The van der Waals surface area contributed by atoms with E-state index in [4.69, 9.17) is 9.72 Å². The summed E-state index contributed by atoms with van der Waals surface area (Å²) < 4.78 is 19.3. The minimum absolute atomic E-state index is 0.0536. The molecule has 1 fully saturated rings. The lowest BCUT2D eigenvalue weighted by atomic mass is 9.92. The molecule has 1 amide bonds. The Kier molecular flexibility index (Phi) is 6.96.